The van der Waals surface area contributed by atoms with Crippen molar-refractivity contribution in [3.63, 3.8) is 0 Å². The lowest BCUT2D eigenvalue weighted by molar-refractivity contribution is 0.282. The van der Waals surface area contributed by atoms with E-state index in [-0.39, 0.29) is 0 Å². The van der Waals surface area contributed by atoms with Crippen molar-refractivity contribution < 1.29 is 5.11 Å². The van der Waals surface area contributed by atoms with Gasteiger partial charge in [-0.1, -0.05) is 328 Å². The van der Waals surface area contributed by atoms with Crippen LogP contribution in [0.5, 0.6) is 0 Å². The Bertz CT molecular complexity index is 548. The molecule has 0 saturated carbocycles. The van der Waals surface area contributed by atoms with Crippen molar-refractivity contribution in [3.8, 4) is 0 Å². The molecule has 0 bridgehead atoms. The average molecular weight is 761 g/mol. The van der Waals surface area contributed by atoms with E-state index in [9.17, 15) is 0 Å². The second-order valence-electron chi connectivity index (χ2n) is 18.4. The average Bonchev–Trinajstić information content (AvgIpc) is 3.18. The monoisotopic (exact) mass is 761 g/mol. The molecule has 0 aromatic carbocycles. The maximum atomic E-state index is 8.82. The Hall–Kier alpha value is -0.0400. The highest BCUT2D eigenvalue weighted by molar-refractivity contribution is 4.55. The number of aliphatic hydroxyl groups is 1. The standard InChI is InChI=1S/C53H108O/c1-2-3-4-5-6-7-8-9-10-11-12-13-14-15-16-17-18-19-20-21-22-23-24-25-26-27-28-29-30-31-32-33-34-35-36-37-38-39-40-41-42-43-44-45-46-47-48-49-50-51-52-53-54/h54H,2-53H2,1H3. The second-order valence-corrected chi connectivity index (χ2v) is 18.4. The zero-order valence-corrected chi connectivity index (χ0v) is 38.2. The quantitative estimate of drug-likeness (QED) is 0.0612. The number of hydrogen-bond donors (Lipinski definition) is 1. The molecular weight excluding hydrogens is 653 g/mol. The first-order chi connectivity index (χ1) is 26.9. The van der Waals surface area contributed by atoms with Crippen LogP contribution in [0.4, 0.5) is 0 Å². The van der Waals surface area contributed by atoms with Crippen molar-refractivity contribution in [2.24, 2.45) is 0 Å². The van der Waals surface area contributed by atoms with E-state index in [1.807, 2.05) is 0 Å². The lowest BCUT2D eigenvalue weighted by Crippen LogP contribution is -1.85. The van der Waals surface area contributed by atoms with E-state index >= 15 is 0 Å². The molecule has 0 unspecified atom stereocenters. The van der Waals surface area contributed by atoms with Gasteiger partial charge in [0.25, 0.3) is 0 Å². The summed E-state index contributed by atoms with van der Waals surface area (Å²) in [6.45, 7) is 2.69. The normalized spacial score (nSPS) is 11.7. The van der Waals surface area contributed by atoms with Gasteiger partial charge in [0.15, 0.2) is 0 Å². The molecule has 0 fully saturated rings. The van der Waals surface area contributed by atoms with Gasteiger partial charge in [-0.3, -0.25) is 0 Å². The van der Waals surface area contributed by atoms with Crippen molar-refractivity contribution >= 4 is 0 Å². The first-order valence-electron chi connectivity index (χ1n) is 26.5. The third kappa shape index (κ3) is 52.0. The first kappa shape index (κ1) is 54.0. The zero-order valence-electron chi connectivity index (χ0n) is 38.2. The van der Waals surface area contributed by atoms with E-state index in [0.29, 0.717) is 6.61 Å². The Labute approximate surface area is 345 Å². The Morgan fingerprint density at radius 2 is 0.241 bits per heavy atom. The maximum Gasteiger partial charge on any atom is 0.0431 e. The summed E-state index contributed by atoms with van der Waals surface area (Å²) in [5.41, 5.74) is 0. The molecule has 0 heterocycles. The number of aliphatic hydroxyl groups excluding tert-OH is 1. The smallest absolute Gasteiger partial charge is 0.0431 e. The summed E-state index contributed by atoms with van der Waals surface area (Å²) < 4.78 is 0. The molecule has 0 aromatic heterocycles. The minimum absolute atomic E-state index is 0.375. The van der Waals surface area contributed by atoms with E-state index < -0.39 is 0 Å². The number of unbranched alkanes of at least 4 members (excludes halogenated alkanes) is 50. The molecule has 54 heavy (non-hydrogen) atoms. The molecule has 0 spiro atoms. The molecular formula is C53H108O. The van der Waals surface area contributed by atoms with Gasteiger partial charge in [0.2, 0.25) is 0 Å². The van der Waals surface area contributed by atoms with Gasteiger partial charge in [0.1, 0.15) is 0 Å². The van der Waals surface area contributed by atoms with E-state index in [0.717, 1.165) is 6.42 Å². The summed E-state index contributed by atoms with van der Waals surface area (Å²) >= 11 is 0. The van der Waals surface area contributed by atoms with E-state index in [1.54, 1.807) is 0 Å². The Balaban J connectivity index is 3.05. The van der Waals surface area contributed by atoms with Crippen molar-refractivity contribution in [2.75, 3.05) is 6.61 Å². The predicted molar refractivity (Wildman–Crippen MR) is 248 cm³/mol. The van der Waals surface area contributed by atoms with Crippen molar-refractivity contribution in [2.45, 2.75) is 334 Å². The summed E-state index contributed by atoms with van der Waals surface area (Å²) in [6, 6.07) is 0. The largest absolute Gasteiger partial charge is 0.396 e. The summed E-state index contributed by atoms with van der Waals surface area (Å²) in [7, 11) is 0. The summed E-state index contributed by atoms with van der Waals surface area (Å²) in [4.78, 5) is 0. The molecule has 0 rings (SSSR count). The van der Waals surface area contributed by atoms with Gasteiger partial charge >= 0.3 is 0 Å². The fourth-order valence-corrected chi connectivity index (χ4v) is 8.85. The Morgan fingerprint density at radius 3 is 0.333 bits per heavy atom. The fraction of sp³-hybridized carbons (Fsp3) is 1.00. The van der Waals surface area contributed by atoms with Crippen molar-refractivity contribution in [1.82, 2.24) is 0 Å². The van der Waals surface area contributed by atoms with Crippen LogP contribution in [0.15, 0.2) is 0 Å². The Morgan fingerprint density at radius 1 is 0.148 bits per heavy atom. The van der Waals surface area contributed by atoms with E-state index in [4.69, 9.17) is 5.11 Å². The highest BCUT2D eigenvalue weighted by Gasteiger charge is 1.99. The van der Waals surface area contributed by atoms with Gasteiger partial charge in [-0.2, -0.15) is 0 Å². The minimum atomic E-state index is 0.375. The molecule has 1 nitrogen and oxygen atoms in total. The topological polar surface area (TPSA) is 20.2 Å². The molecule has 0 atom stereocenters. The van der Waals surface area contributed by atoms with Crippen LogP contribution in [0.2, 0.25) is 0 Å². The SMILES string of the molecule is CCCCCCCCCCCCCCCCCCCCCCCCCCCCCCCCCCCCCCCCCCCCCCCCCCCCCO. The van der Waals surface area contributed by atoms with Crippen molar-refractivity contribution in [3.05, 3.63) is 0 Å². The van der Waals surface area contributed by atoms with Gasteiger partial charge in [0.05, 0.1) is 0 Å². The summed E-state index contributed by atoms with van der Waals surface area (Å²) in [6.07, 6.45) is 74.5. The zero-order chi connectivity index (χ0) is 38.8. The lowest BCUT2D eigenvalue weighted by atomic mass is 10.0. The maximum absolute atomic E-state index is 8.82. The van der Waals surface area contributed by atoms with Crippen molar-refractivity contribution in [1.29, 1.82) is 0 Å². The fourth-order valence-electron chi connectivity index (χ4n) is 8.85. The molecule has 326 valence electrons. The molecule has 0 aromatic rings. The van der Waals surface area contributed by atoms with Crippen LogP contribution in [0, 0.1) is 0 Å². The van der Waals surface area contributed by atoms with Crippen LogP contribution in [0.3, 0.4) is 0 Å². The van der Waals surface area contributed by atoms with Crippen LogP contribution in [0.25, 0.3) is 0 Å². The molecule has 0 aliphatic heterocycles. The summed E-state index contributed by atoms with van der Waals surface area (Å²) in [5, 5.41) is 8.82. The van der Waals surface area contributed by atoms with Gasteiger partial charge in [-0.05, 0) is 6.42 Å². The highest BCUT2D eigenvalue weighted by Crippen LogP contribution is 2.19. The number of rotatable bonds is 51. The Kier molecular flexibility index (Phi) is 52.9. The van der Waals surface area contributed by atoms with Gasteiger partial charge in [-0.25, -0.2) is 0 Å². The molecule has 1 N–H and O–H groups in total. The molecule has 0 aliphatic rings. The molecule has 0 saturated heterocycles. The lowest BCUT2D eigenvalue weighted by Gasteiger charge is -2.05. The first-order valence-corrected chi connectivity index (χ1v) is 26.5. The van der Waals surface area contributed by atoms with Crippen LogP contribution < -0.4 is 0 Å². The van der Waals surface area contributed by atoms with Gasteiger partial charge in [-0.15, -0.1) is 0 Å². The third-order valence-electron chi connectivity index (χ3n) is 12.8. The van der Waals surface area contributed by atoms with E-state index in [1.165, 1.54) is 321 Å². The predicted octanol–water partition coefficient (Wildman–Crippen LogP) is 19.9. The van der Waals surface area contributed by atoms with Crippen LogP contribution in [-0.2, 0) is 0 Å². The second kappa shape index (κ2) is 53.0. The summed E-state index contributed by atoms with van der Waals surface area (Å²) in [5.74, 6) is 0. The van der Waals surface area contributed by atoms with Gasteiger partial charge < -0.3 is 5.11 Å². The number of hydrogen-bond acceptors (Lipinski definition) is 1. The minimum Gasteiger partial charge on any atom is -0.396 e. The van der Waals surface area contributed by atoms with Crippen LogP contribution >= 0.6 is 0 Å². The molecule has 0 radical (unpaired) electrons. The van der Waals surface area contributed by atoms with Gasteiger partial charge in [0, 0.05) is 6.61 Å². The molecule has 0 aliphatic carbocycles. The molecule has 0 amide bonds. The molecule has 1 heteroatoms. The highest BCUT2D eigenvalue weighted by atomic mass is 16.2. The van der Waals surface area contributed by atoms with Crippen LogP contribution in [-0.4, -0.2) is 11.7 Å². The van der Waals surface area contributed by atoms with Crippen LogP contribution in [0.1, 0.15) is 334 Å². The third-order valence-corrected chi connectivity index (χ3v) is 12.8. The van der Waals surface area contributed by atoms with E-state index in [2.05, 4.69) is 6.92 Å².